The van der Waals surface area contributed by atoms with Gasteiger partial charge in [-0.3, -0.25) is 14.0 Å². The van der Waals surface area contributed by atoms with Gasteiger partial charge < -0.3 is 4.74 Å². The molecule has 0 aliphatic rings. The van der Waals surface area contributed by atoms with Gasteiger partial charge >= 0.3 is 5.97 Å². The summed E-state index contributed by atoms with van der Waals surface area (Å²) >= 11 is 1.41. The number of nitrogens with zero attached hydrogens (tertiary/aromatic N) is 4. The van der Waals surface area contributed by atoms with Crippen LogP contribution in [0.15, 0.2) is 58.5 Å². The van der Waals surface area contributed by atoms with Crippen LogP contribution < -0.4 is 5.56 Å². The molecule has 4 aromatic rings. The first-order chi connectivity index (χ1) is 15.0. The van der Waals surface area contributed by atoms with Gasteiger partial charge in [-0.15, -0.1) is 10.2 Å². The highest BCUT2D eigenvalue weighted by atomic mass is 32.2. The lowest BCUT2D eigenvalue weighted by molar-refractivity contribution is -0.140. The van der Waals surface area contributed by atoms with Gasteiger partial charge in [0.1, 0.15) is 0 Å². The minimum absolute atomic E-state index is 0.141. The van der Waals surface area contributed by atoms with Gasteiger partial charge in [0.05, 0.1) is 30.1 Å². The van der Waals surface area contributed by atoms with E-state index in [0.29, 0.717) is 28.0 Å². The second-order valence-corrected chi connectivity index (χ2v) is 8.41. The lowest BCUT2D eigenvalue weighted by atomic mass is 9.98. The van der Waals surface area contributed by atoms with Gasteiger partial charge in [0.25, 0.3) is 5.56 Å². The first-order valence-electron chi connectivity index (χ1n) is 10.2. The van der Waals surface area contributed by atoms with Gasteiger partial charge in [0.15, 0.2) is 5.16 Å². The number of methoxy groups -OCH3 is 1. The molecule has 0 aliphatic heterocycles. The molecular weight excluding hydrogens is 412 g/mol. The highest BCUT2D eigenvalue weighted by molar-refractivity contribution is 7.99. The molecule has 0 saturated heterocycles. The molecule has 0 bridgehead atoms. The third-order valence-electron chi connectivity index (χ3n) is 5.49. The van der Waals surface area contributed by atoms with Gasteiger partial charge in [-0.05, 0) is 42.2 Å². The zero-order valence-corrected chi connectivity index (χ0v) is 18.6. The number of para-hydroxylation sites is 1. The number of ether oxygens (including phenoxy) is 1. The molecule has 0 N–H and O–H groups in total. The lowest BCUT2D eigenvalue weighted by Crippen LogP contribution is -2.21. The van der Waals surface area contributed by atoms with Crippen LogP contribution in [0.5, 0.6) is 0 Å². The van der Waals surface area contributed by atoms with Gasteiger partial charge in [-0.25, -0.2) is 4.57 Å². The summed E-state index contributed by atoms with van der Waals surface area (Å²) in [7, 11) is 1.37. The fraction of sp³-hybridized carbons (Fsp3) is 0.304. The number of aromatic nitrogens is 4. The van der Waals surface area contributed by atoms with Crippen molar-refractivity contribution < 1.29 is 9.53 Å². The van der Waals surface area contributed by atoms with Crippen LogP contribution in [0.25, 0.3) is 22.4 Å². The van der Waals surface area contributed by atoms with E-state index in [0.717, 1.165) is 17.6 Å². The quantitative estimate of drug-likeness (QED) is 0.319. The highest BCUT2D eigenvalue weighted by Crippen LogP contribution is 2.25. The summed E-state index contributed by atoms with van der Waals surface area (Å²) < 4.78 is 8.19. The van der Waals surface area contributed by atoms with Crippen LogP contribution in [0.3, 0.4) is 0 Å². The molecule has 7 nitrogen and oxygen atoms in total. The molecule has 2 aromatic carbocycles. The van der Waals surface area contributed by atoms with Crippen LogP contribution in [0.2, 0.25) is 0 Å². The molecule has 1 unspecified atom stereocenters. The van der Waals surface area contributed by atoms with E-state index < -0.39 is 0 Å². The van der Waals surface area contributed by atoms with Crippen molar-refractivity contribution in [3.05, 3.63) is 64.4 Å². The van der Waals surface area contributed by atoms with Crippen molar-refractivity contribution in [2.24, 2.45) is 0 Å². The minimum atomic E-state index is -0.274. The van der Waals surface area contributed by atoms with Crippen LogP contribution in [-0.2, 0) is 9.53 Å². The second kappa shape index (κ2) is 8.93. The Kier molecular flexibility index (Phi) is 6.08. The van der Waals surface area contributed by atoms with Crippen molar-refractivity contribution >= 4 is 34.4 Å². The Labute approximate surface area is 184 Å². The van der Waals surface area contributed by atoms with Crippen molar-refractivity contribution in [1.29, 1.82) is 0 Å². The van der Waals surface area contributed by atoms with Gasteiger partial charge in [-0.1, -0.05) is 49.9 Å². The standard InChI is InChI=1S/C23H24N4O3S/c1-4-15(2)16-9-11-17(12-10-16)26-21(29)18-7-5-6-8-19(18)27-22(26)24-25-23(27)31-14-13-20(28)30-3/h5-12,15H,4,13-14H2,1-3H3. The first kappa shape index (κ1) is 21.1. The first-order valence-corrected chi connectivity index (χ1v) is 11.2. The van der Waals surface area contributed by atoms with Crippen LogP contribution in [0.4, 0.5) is 0 Å². The summed E-state index contributed by atoms with van der Waals surface area (Å²) in [4.78, 5) is 24.9. The summed E-state index contributed by atoms with van der Waals surface area (Å²) in [5.41, 5.74) is 2.57. The minimum Gasteiger partial charge on any atom is -0.469 e. The van der Waals surface area contributed by atoms with Crippen molar-refractivity contribution in [1.82, 2.24) is 19.2 Å². The summed E-state index contributed by atoms with van der Waals surface area (Å²) in [5, 5.41) is 9.86. The van der Waals surface area contributed by atoms with E-state index in [4.69, 9.17) is 4.74 Å². The number of benzene rings is 2. The summed E-state index contributed by atoms with van der Waals surface area (Å²) in [6.45, 7) is 4.34. The van der Waals surface area contributed by atoms with Crippen LogP contribution >= 0.6 is 11.8 Å². The molecule has 2 heterocycles. The lowest BCUT2D eigenvalue weighted by Gasteiger charge is -2.13. The van der Waals surface area contributed by atoms with E-state index in [9.17, 15) is 9.59 Å². The Bertz CT molecular complexity index is 1290. The number of esters is 1. The van der Waals surface area contributed by atoms with Crippen LogP contribution in [0, 0.1) is 0 Å². The smallest absolute Gasteiger partial charge is 0.306 e. The zero-order chi connectivity index (χ0) is 22.0. The number of carbonyl (C=O) groups is 1. The Balaban J connectivity index is 1.86. The topological polar surface area (TPSA) is 78.5 Å². The molecule has 0 amide bonds. The summed E-state index contributed by atoms with van der Waals surface area (Å²) in [6, 6.07) is 15.5. The zero-order valence-electron chi connectivity index (χ0n) is 17.7. The van der Waals surface area contributed by atoms with E-state index in [1.165, 1.54) is 24.4 Å². The van der Waals surface area contributed by atoms with E-state index >= 15 is 0 Å². The predicted molar refractivity (Wildman–Crippen MR) is 122 cm³/mol. The van der Waals surface area contributed by atoms with E-state index in [1.807, 2.05) is 40.8 Å². The Morgan fingerprint density at radius 3 is 2.58 bits per heavy atom. The highest BCUT2D eigenvalue weighted by Gasteiger charge is 2.18. The largest absolute Gasteiger partial charge is 0.469 e. The normalized spacial score (nSPS) is 12.4. The molecule has 8 heteroatoms. The molecule has 31 heavy (non-hydrogen) atoms. The Morgan fingerprint density at radius 1 is 1.13 bits per heavy atom. The Morgan fingerprint density at radius 2 is 1.87 bits per heavy atom. The predicted octanol–water partition coefficient (Wildman–Crippen LogP) is 4.20. The average Bonchev–Trinajstić information content (AvgIpc) is 3.22. The van der Waals surface area contributed by atoms with Crippen LogP contribution in [-0.4, -0.2) is 38.0 Å². The molecule has 0 radical (unpaired) electrons. The maximum absolute atomic E-state index is 13.4. The van der Waals surface area contributed by atoms with E-state index in [-0.39, 0.29) is 17.9 Å². The van der Waals surface area contributed by atoms with Crippen molar-refractivity contribution in [2.75, 3.05) is 12.9 Å². The molecule has 160 valence electrons. The summed E-state index contributed by atoms with van der Waals surface area (Å²) in [6.07, 6.45) is 1.32. The number of hydrogen-bond donors (Lipinski definition) is 0. The monoisotopic (exact) mass is 436 g/mol. The molecule has 0 saturated carbocycles. The van der Waals surface area contributed by atoms with Crippen LogP contribution in [0.1, 0.15) is 38.2 Å². The number of rotatable bonds is 7. The number of thioether (sulfide) groups is 1. The van der Waals surface area contributed by atoms with E-state index in [1.54, 1.807) is 4.57 Å². The van der Waals surface area contributed by atoms with Gasteiger partial charge in [-0.2, -0.15) is 0 Å². The van der Waals surface area contributed by atoms with Crippen molar-refractivity contribution in [2.45, 2.75) is 37.8 Å². The molecule has 0 fully saturated rings. The van der Waals surface area contributed by atoms with E-state index in [2.05, 4.69) is 36.2 Å². The molecule has 0 aliphatic carbocycles. The number of fused-ring (bicyclic) bond motifs is 3. The molecule has 1 atom stereocenters. The SMILES string of the molecule is CCC(C)c1ccc(-n2c(=O)c3ccccc3n3c(SCCC(=O)OC)nnc23)cc1. The molecular formula is C23H24N4O3S. The third-order valence-corrected chi connectivity index (χ3v) is 6.42. The number of hydrogen-bond acceptors (Lipinski definition) is 6. The Hall–Kier alpha value is -3.13. The van der Waals surface area contributed by atoms with Gasteiger partial charge in [0.2, 0.25) is 5.78 Å². The van der Waals surface area contributed by atoms with Gasteiger partial charge in [0, 0.05) is 5.75 Å². The summed E-state index contributed by atoms with van der Waals surface area (Å²) in [5.74, 6) is 1.13. The molecule has 2 aromatic heterocycles. The molecule has 0 spiro atoms. The maximum Gasteiger partial charge on any atom is 0.306 e. The number of carbonyl (C=O) groups excluding carboxylic acids is 1. The second-order valence-electron chi connectivity index (χ2n) is 7.35. The molecule has 4 rings (SSSR count). The fourth-order valence-electron chi connectivity index (χ4n) is 3.52. The fourth-order valence-corrected chi connectivity index (χ4v) is 4.38. The third kappa shape index (κ3) is 3.95. The maximum atomic E-state index is 13.4. The average molecular weight is 437 g/mol. The van der Waals surface area contributed by atoms with Crippen molar-refractivity contribution in [3.63, 3.8) is 0 Å². The van der Waals surface area contributed by atoms with Crippen molar-refractivity contribution in [3.8, 4) is 5.69 Å².